The lowest BCUT2D eigenvalue weighted by Gasteiger charge is -2.00. The van der Waals surface area contributed by atoms with Gasteiger partial charge in [-0.25, -0.2) is 0 Å². The van der Waals surface area contributed by atoms with Gasteiger partial charge in [-0.15, -0.1) is 0 Å². The predicted molar refractivity (Wildman–Crippen MR) is 81.0 cm³/mol. The highest BCUT2D eigenvalue weighted by Gasteiger charge is 2.12. The Balaban J connectivity index is 2.00. The Bertz CT molecular complexity index is 559. The molecule has 1 aromatic carbocycles. The number of fused-ring (bicyclic) bond motifs is 1. The van der Waals surface area contributed by atoms with Gasteiger partial charge in [0.15, 0.2) is 5.78 Å². The standard InChI is InChI=1S/C16H20ClNO/c1-2-3-4-5-6-10-15(19)13-11-18-16-12(13)8-7-9-14(16)17/h7-9,11,18H,2-6,10H2,1H3. The van der Waals surface area contributed by atoms with Crippen molar-refractivity contribution in [2.45, 2.75) is 45.4 Å². The van der Waals surface area contributed by atoms with Gasteiger partial charge in [0.1, 0.15) is 0 Å². The number of halogens is 1. The first-order chi connectivity index (χ1) is 9.24. The molecule has 0 bridgehead atoms. The van der Waals surface area contributed by atoms with Crippen LogP contribution in [0.5, 0.6) is 0 Å². The molecule has 0 atom stereocenters. The molecule has 19 heavy (non-hydrogen) atoms. The third-order valence-electron chi connectivity index (χ3n) is 3.47. The van der Waals surface area contributed by atoms with Crippen LogP contribution in [0.15, 0.2) is 24.4 Å². The van der Waals surface area contributed by atoms with Crippen molar-refractivity contribution in [3.63, 3.8) is 0 Å². The minimum absolute atomic E-state index is 0.213. The van der Waals surface area contributed by atoms with E-state index >= 15 is 0 Å². The second-order valence-electron chi connectivity index (χ2n) is 4.95. The van der Waals surface area contributed by atoms with E-state index in [0.717, 1.165) is 29.3 Å². The van der Waals surface area contributed by atoms with Crippen molar-refractivity contribution < 1.29 is 4.79 Å². The molecule has 0 fully saturated rings. The van der Waals surface area contributed by atoms with Gasteiger partial charge >= 0.3 is 0 Å². The fourth-order valence-electron chi connectivity index (χ4n) is 2.37. The molecule has 3 heteroatoms. The Kier molecular flexibility index (Phi) is 5.03. The van der Waals surface area contributed by atoms with Gasteiger partial charge in [-0.05, 0) is 12.5 Å². The highest BCUT2D eigenvalue weighted by molar-refractivity contribution is 6.35. The molecule has 0 aliphatic heterocycles. The number of para-hydroxylation sites is 1. The van der Waals surface area contributed by atoms with Gasteiger partial charge in [0, 0.05) is 23.6 Å². The molecule has 102 valence electrons. The van der Waals surface area contributed by atoms with Crippen LogP contribution in [0.2, 0.25) is 5.02 Å². The highest BCUT2D eigenvalue weighted by Crippen LogP contribution is 2.26. The number of Topliss-reactive ketones (excluding diaryl/α,β-unsaturated/α-hetero) is 1. The molecule has 0 unspecified atom stereocenters. The average Bonchev–Trinajstić information content (AvgIpc) is 2.84. The van der Waals surface area contributed by atoms with Gasteiger partial charge in [0.05, 0.1) is 10.5 Å². The number of rotatable bonds is 7. The normalized spacial score (nSPS) is 11.1. The fourth-order valence-corrected chi connectivity index (χ4v) is 2.60. The van der Waals surface area contributed by atoms with Crippen molar-refractivity contribution in [1.29, 1.82) is 0 Å². The molecule has 0 aliphatic rings. The molecule has 1 aromatic heterocycles. The monoisotopic (exact) mass is 277 g/mol. The van der Waals surface area contributed by atoms with Crippen LogP contribution in [-0.2, 0) is 0 Å². The third kappa shape index (κ3) is 3.38. The summed E-state index contributed by atoms with van der Waals surface area (Å²) in [6.07, 6.45) is 8.25. The van der Waals surface area contributed by atoms with Crippen LogP contribution in [0.1, 0.15) is 55.8 Å². The van der Waals surface area contributed by atoms with Gasteiger partial charge in [-0.3, -0.25) is 4.79 Å². The topological polar surface area (TPSA) is 32.9 Å². The number of hydrogen-bond acceptors (Lipinski definition) is 1. The first kappa shape index (κ1) is 14.1. The van der Waals surface area contributed by atoms with E-state index in [0.29, 0.717) is 11.4 Å². The van der Waals surface area contributed by atoms with E-state index in [1.807, 2.05) is 18.2 Å². The molecule has 2 nitrogen and oxygen atoms in total. The van der Waals surface area contributed by atoms with Gasteiger partial charge in [0.2, 0.25) is 0 Å². The van der Waals surface area contributed by atoms with E-state index < -0.39 is 0 Å². The number of nitrogens with one attached hydrogen (secondary N) is 1. The molecule has 0 radical (unpaired) electrons. The average molecular weight is 278 g/mol. The molecule has 2 rings (SSSR count). The molecule has 0 saturated heterocycles. The summed E-state index contributed by atoms with van der Waals surface area (Å²) in [6.45, 7) is 2.20. The zero-order chi connectivity index (χ0) is 13.7. The summed E-state index contributed by atoms with van der Waals surface area (Å²) in [5.41, 5.74) is 1.63. The van der Waals surface area contributed by atoms with Crippen LogP contribution in [0.3, 0.4) is 0 Å². The van der Waals surface area contributed by atoms with E-state index in [4.69, 9.17) is 11.6 Å². The third-order valence-corrected chi connectivity index (χ3v) is 3.79. The lowest BCUT2D eigenvalue weighted by molar-refractivity contribution is 0.0981. The van der Waals surface area contributed by atoms with E-state index in [-0.39, 0.29) is 5.78 Å². The zero-order valence-corrected chi connectivity index (χ0v) is 12.1. The van der Waals surface area contributed by atoms with Crippen molar-refractivity contribution >= 4 is 28.3 Å². The molecule has 2 aromatic rings. The second-order valence-corrected chi connectivity index (χ2v) is 5.36. The van der Waals surface area contributed by atoms with Crippen molar-refractivity contribution in [1.82, 2.24) is 4.98 Å². The Morgan fingerprint density at radius 1 is 1.21 bits per heavy atom. The smallest absolute Gasteiger partial charge is 0.165 e. The van der Waals surface area contributed by atoms with Gasteiger partial charge < -0.3 is 4.98 Å². The van der Waals surface area contributed by atoms with Crippen molar-refractivity contribution in [3.8, 4) is 0 Å². The molecule has 0 amide bonds. The first-order valence-electron chi connectivity index (χ1n) is 7.03. The molecule has 1 N–H and O–H groups in total. The summed E-state index contributed by atoms with van der Waals surface area (Å²) in [7, 11) is 0. The SMILES string of the molecule is CCCCCCCC(=O)c1c[nH]c2c(Cl)cccc12. The maximum absolute atomic E-state index is 12.2. The van der Waals surface area contributed by atoms with Crippen LogP contribution in [0.4, 0.5) is 0 Å². The quantitative estimate of drug-likeness (QED) is 0.536. The van der Waals surface area contributed by atoms with Crippen molar-refractivity contribution in [2.24, 2.45) is 0 Å². The molecule has 0 spiro atoms. The Morgan fingerprint density at radius 3 is 2.79 bits per heavy atom. The van der Waals surface area contributed by atoms with Crippen molar-refractivity contribution in [3.05, 3.63) is 35.0 Å². The fraction of sp³-hybridized carbons (Fsp3) is 0.438. The number of aromatic amines is 1. The van der Waals surface area contributed by atoms with E-state index in [9.17, 15) is 4.79 Å². The van der Waals surface area contributed by atoms with Gasteiger partial charge in [0.25, 0.3) is 0 Å². The van der Waals surface area contributed by atoms with Crippen LogP contribution in [-0.4, -0.2) is 10.8 Å². The number of carbonyl (C=O) groups is 1. The summed E-state index contributed by atoms with van der Waals surface area (Å²) < 4.78 is 0. The summed E-state index contributed by atoms with van der Waals surface area (Å²) in [5.74, 6) is 0.213. The number of ketones is 1. The Hall–Kier alpha value is -1.28. The summed E-state index contributed by atoms with van der Waals surface area (Å²) >= 11 is 6.09. The lowest BCUT2D eigenvalue weighted by atomic mass is 10.0. The number of benzene rings is 1. The molecular weight excluding hydrogens is 258 g/mol. The Morgan fingerprint density at radius 2 is 2.00 bits per heavy atom. The van der Waals surface area contributed by atoms with Crippen LogP contribution in [0, 0.1) is 0 Å². The number of hydrogen-bond donors (Lipinski definition) is 1. The maximum atomic E-state index is 12.2. The molecule has 0 aliphatic carbocycles. The van der Waals surface area contributed by atoms with E-state index in [1.54, 1.807) is 6.20 Å². The van der Waals surface area contributed by atoms with Crippen molar-refractivity contribution in [2.75, 3.05) is 0 Å². The minimum atomic E-state index is 0.213. The summed E-state index contributed by atoms with van der Waals surface area (Å²) in [5, 5.41) is 1.60. The van der Waals surface area contributed by atoms with Crippen LogP contribution in [0.25, 0.3) is 10.9 Å². The molecular formula is C16H20ClNO. The van der Waals surface area contributed by atoms with Gasteiger partial charge in [-0.2, -0.15) is 0 Å². The minimum Gasteiger partial charge on any atom is -0.359 e. The Labute approximate surface area is 119 Å². The second kappa shape index (κ2) is 6.76. The molecule has 0 saturated carbocycles. The molecule has 1 heterocycles. The van der Waals surface area contributed by atoms with Crippen LogP contribution >= 0.6 is 11.6 Å². The maximum Gasteiger partial charge on any atom is 0.165 e. The zero-order valence-electron chi connectivity index (χ0n) is 11.3. The number of unbranched alkanes of at least 4 members (excludes halogenated alkanes) is 4. The summed E-state index contributed by atoms with van der Waals surface area (Å²) in [6, 6.07) is 5.66. The number of aromatic nitrogens is 1. The predicted octanol–water partition coefficient (Wildman–Crippen LogP) is 5.36. The number of H-pyrrole nitrogens is 1. The first-order valence-corrected chi connectivity index (χ1v) is 7.40. The lowest BCUT2D eigenvalue weighted by Crippen LogP contribution is -1.97. The van der Waals surface area contributed by atoms with E-state index in [2.05, 4.69) is 11.9 Å². The van der Waals surface area contributed by atoms with Gasteiger partial charge in [-0.1, -0.05) is 56.3 Å². The largest absolute Gasteiger partial charge is 0.359 e. The number of carbonyl (C=O) groups excluding carboxylic acids is 1. The highest BCUT2D eigenvalue weighted by atomic mass is 35.5. The summed E-state index contributed by atoms with van der Waals surface area (Å²) in [4.78, 5) is 15.3. The van der Waals surface area contributed by atoms with E-state index in [1.165, 1.54) is 19.3 Å². The van der Waals surface area contributed by atoms with Crippen LogP contribution < -0.4 is 0 Å².